The molecule has 1 aromatic carbocycles. The first-order valence-electron chi connectivity index (χ1n) is 11.2. The van der Waals surface area contributed by atoms with Gasteiger partial charge in [0.15, 0.2) is 0 Å². The van der Waals surface area contributed by atoms with Crippen molar-refractivity contribution in [1.29, 1.82) is 0 Å². The van der Waals surface area contributed by atoms with Gasteiger partial charge in [0.2, 0.25) is 0 Å². The molecule has 0 amide bonds. The number of pyridine rings is 2. The third kappa shape index (κ3) is 4.83. The molecule has 4 heterocycles. The fourth-order valence-electron chi connectivity index (χ4n) is 4.34. The zero-order valence-electron chi connectivity index (χ0n) is 18.2. The topological polar surface area (TPSA) is 84.3 Å². The average molecular weight is 460 g/mol. The van der Waals surface area contributed by atoms with E-state index in [2.05, 4.69) is 27.8 Å². The number of benzene rings is 1. The number of anilines is 1. The summed E-state index contributed by atoms with van der Waals surface area (Å²) in [5.41, 5.74) is 5.27. The van der Waals surface area contributed by atoms with Gasteiger partial charge in [0, 0.05) is 41.7 Å². The molecule has 7 heteroatoms. The minimum Gasteiger partial charge on any atom is -0.493 e. The number of nitrogens with one attached hydrogen (secondary N) is 1. The highest BCUT2D eigenvalue weighted by molar-refractivity contribution is 7.17. The van der Waals surface area contributed by atoms with Crippen LogP contribution in [0.15, 0.2) is 60.2 Å². The number of ether oxygens (including phenoxy) is 1. The molecule has 2 N–H and O–H groups in total. The summed E-state index contributed by atoms with van der Waals surface area (Å²) in [4.78, 5) is 20.5. The van der Waals surface area contributed by atoms with Gasteiger partial charge in [-0.05, 0) is 71.1 Å². The van der Waals surface area contributed by atoms with Gasteiger partial charge in [0.25, 0.3) is 0 Å². The molecule has 1 aliphatic heterocycles. The minimum atomic E-state index is -0.824. The normalized spacial score (nSPS) is 13.8. The molecule has 0 radical (unpaired) electrons. The Morgan fingerprint density at radius 3 is 3.03 bits per heavy atom. The number of carbonyl (C=O) groups is 1. The fourth-order valence-corrected chi connectivity index (χ4v) is 5.38. The second kappa shape index (κ2) is 9.58. The van der Waals surface area contributed by atoms with Gasteiger partial charge < -0.3 is 15.2 Å². The number of thiophene rings is 1. The summed E-state index contributed by atoms with van der Waals surface area (Å²) in [6.07, 6.45) is 6.38. The van der Waals surface area contributed by atoms with Crippen molar-refractivity contribution in [1.82, 2.24) is 9.97 Å². The lowest BCUT2D eigenvalue weighted by Crippen LogP contribution is -2.14. The van der Waals surface area contributed by atoms with Crippen molar-refractivity contribution in [2.45, 2.75) is 31.6 Å². The van der Waals surface area contributed by atoms with Crippen molar-refractivity contribution in [3.63, 3.8) is 0 Å². The van der Waals surface area contributed by atoms with E-state index in [1.54, 1.807) is 23.7 Å². The predicted octanol–water partition coefficient (Wildman–Crippen LogP) is 5.28. The number of hydrogen-bond donors (Lipinski definition) is 2. The monoisotopic (exact) mass is 459 g/mol. The number of rotatable bonds is 8. The van der Waals surface area contributed by atoms with E-state index in [1.165, 1.54) is 0 Å². The number of aromatic nitrogens is 2. The van der Waals surface area contributed by atoms with Crippen LogP contribution in [0.1, 0.15) is 41.3 Å². The summed E-state index contributed by atoms with van der Waals surface area (Å²) < 4.78 is 7.11. The minimum absolute atomic E-state index is 0.0269. The fraction of sp³-hybridized carbons (Fsp3) is 0.269. The number of nitrogens with zero attached hydrogens (tertiary/aromatic N) is 2. The van der Waals surface area contributed by atoms with Crippen LogP contribution < -0.4 is 10.1 Å². The number of aliphatic carboxylic acids is 1. The number of carboxylic acids is 1. The molecule has 168 valence electrons. The van der Waals surface area contributed by atoms with Gasteiger partial charge in [0.1, 0.15) is 5.75 Å². The molecule has 1 atom stereocenters. The molecule has 0 aliphatic carbocycles. The van der Waals surface area contributed by atoms with Crippen molar-refractivity contribution in [3.05, 3.63) is 82.8 Å². The first-order chi connectivity index (χ1) is 16.2. The van der Waals surface area contributed by atoms with Crippen LogP contribution in [0.3, 0.4) is 0 Å². The van der Waals surface area contributed by atoms with Gasteiger partial charge in [0.05, 0.1) is 24.4 Å². The van der Waals surface area contributed by atoms with Gasteiger partial charge in [-0.15, -0.1) is 11.3 Å². The largest absolute Gasteiger partial charge is 0.493 e. The average Bonchev–Trinajstić information content (AvgIpc) is 3.26. The van der Waals surface area contributed by atoms with Gasteiger partial charge in [-0.25, -0.2) is 0 Å². The van der Waals surface area contributed by atoms with Crippen molar-refractivity contribution in [2.75, 3.05) is 18.5 Å². The third-order valence-electron chi connectivity index (χ3n) is 5.98. The molecule has 4 aromatic rings. The maximum absolute atomic E-state index is 11.5. The smallest absolute Gasteiger partial charge is 0.304 e. The molecular formula is C26H25N3O3S. The molecule has 0 spiro atoms. The van der Waals surface area contributed by atoms with E-state index in [-0.39, 0.29) is 12.3 Å². The van der Waals surface area contributed by atoms with E-state index in [0.717, 1.165) is 69.8 Å². The zero-order valence-corrected chi connectivity index (χ0v) is 19.0. The molecular weight excluding hydrogens is 434 g/mol. The van der Waals surface area contributed by atoms with E-state index >= 15 is 0 Å². The summed E-state index contributed by atoms with van der Waals surface area (Å²) in [7, 11) is 0. The molecule has 3 aromatic heterocycles. The Balaban J connectivity index is 1.30. The number of aryl methyl sites for hydroxylation is 1. The van der Waals surface area contributed by atoms with Crippen molar-refractivity contribution < 1.29 is 14.6 Å². The van der Waals surface area contributed by atoms with Crippen molar-refractivity contribution in [2.24, 2.45) is 0 Å². The second-order valence-corrected chi connectivity index (χ2v) is 9.12. The summed E-state index contributed by atoms with van der Waals surface area (Å²) in [6.45, 7) is 1.57. The Labute approximate surface area is 196 Å². The maximum Gasteiger partial charge on any atom is 0.304 e. The molecule has 0 bridgehead atoms. The molecule has 1 unspecified atom stereocenters. The molecule has 1 aliphatic rings. The Hall–Kier alpha value is -3.45. The molecule has 0 fully saturated rings. The van der Waals surface area contributed by atoms with E-state index in [4.69, 9.17) is 9.72 Å². The molecule has 0 saturated carbocycles. The Kier molecular flexibility index (Phi) is 6.21. The Morgan fingerprint density at radius 1 is 1.24 bits per heavy atom. The van der Waals surface area contributed by atoms with E-state index in [0.29, 0.717) is 6.61 Å². The summed E-state index contributed by atoms with van der Waals surface area (Å²) in [5, 5.41) is 16.0. The highest BCUT2D eigenvalue weighted by atomic mass is 32.1. The number of carboxylic acid groups (broad SMARTS) is 1. The SMILES string of the molecule is O=C(O)CC(c1cccnc1)c1csc2cc(OCCc3ccc4c(n3)CCCN4)ccc12. The highest BCUT2D eigenvalue weighted by Crippen LogP contribution is 2.38. The highest BCUT2D eigenvalue weighted by Gasteiger charge is 2.21. The van der Waals surface area contributed by atoms with Crippen LogP contribution in [0.4, 0.5) is 5.69 Å². The van der Waals surface area contributed by atoms with Gasteiger partial charge in [-0.1, -0.05) is 6.07 Å². The van der Waals surface area contributed by atoms with Crippen LogP contribution in [0.2, 0.25) is 0 Å². The lowest BCUT2D eigenvalue weighted by Gasteiger charge is -2.17. The third-order valence-corrected chi connectivity index (χ3v) is 6.95. The van der Waals surface area contributed by atoms with Crippen molar-refractivity contribution in [3.8, 4) is 5.75 Å². The standard InChI is InChI=1S/C26H25N3O3S/c30-26(31)14-21(17-3-1-10-27-15-17)22-16-33-25-13-19(6-7-20(22)25)32-12-9-18-5-8-23-24(29-18)4-2-11-28-23/h1,3,5-8,10,13,15-16,21,28H,2,4,9,11-12,14H2,(H,30,31). The predicted molar refractivity (Wildman–Crippen MR) is 130 cm³/mol. The number of fused-ring (bicyclic) bond motifs is 2. The quantitative estimate of drug-likeness (QED) is 0.373. The van der Waals surface area contributed by atoms with Crippen LogP contribution in [-0.2, 0) is 17.6 Å². The van der Waals surface area contributed by atoms with Crippen LogP contribution in [0.5, 0.6) is 5.75 Å². The molecule has 0 saturated heterocycles. The first-order valence-corrected chi connectivity index (χ1v) is 12.0. The summed E-state index contributed by atoms with van der Waals surface area (Å²) in [5.74, 6) is -0.247. The Bertz CT molecular complexity index is 1270. The maximum atomic E-state index is 11.5. The first kappa shape index (κ1) is 21.4. The molecule has 5 rings (SSSR count). The van der Waals surface area contributed by atoms with E-state index < -0.39 is 5.97 Å². The lowest BCUT2D eigenvalue weighted by atomic mass is 9.89. The molecule has 33 heavy (non-hydrogen) atoms. The van der Waals surface area contributed by atoms with E-state index in [1.807, 2.05) is 30.3 Å². The second-order valence-electron chi connectivity index (χ2n) is 8.21. The summed E-state index contributed by atoms with van der Waals surface area (Å²) in [6, 6.07) is 14.0. The summed E-state index contributed by atoms with van der Waals surface area (Å²) >= 11 is 1.61. The number of hydrogen-bond acceptors (Lipinski definition) is 6. The van der Waals surface area contributed by atoms with Crippen molar-refractivity contribution >= 4 is 33.1 Å². The zero-order chi connectivity index (χ0) is 22.6. The van der Waals surface area contributed by atoms with Gasteiger partial charge >= 0.3 is 5.97 Å². The van der Waals surface area contributed by atoms with Crippen LogP contribution in [0.25, 0.3) is 10.1 Å². The van der Waals surface area contributed by atoms with E-state index in [9.17, 15) is 9.90 Å². The lowest BCUT2D eigenvalue weighted by molar-refractivity contribution is -0.137. The van der Waals surface area contributed by atoms with Crippen LogP contribution in [-0.4, -0.2) is 34.2 Å². The van der Waals surface area contributed by atoms with Crippen LogP contribution >= 0.6 is 11.3 Å². The Morgan fingerprint density at radius 2 is 2.18 bits per heavy atom. The molecule has 6 nitrogen and oxygen atoms in total. The van der Waals surface area contributed by atoms with Gasteiger partial charge in [-0.3, -0.25) is 14.8 Å². The van der Waals surface area contributed by atoms with Crippen LogP contribution in [0, 0.1) is 0 Å². The van der Waals surface area contributed by atoms with Gasteiger partial charge in [-0.2, -0.15) is 0 Å².